The van der Waals surface area contributed by atoms with E-state index in [1.54, 1.807) is 45.2 Å². The van der Waals surface area contributed by atoms with Crippen LogP contribution in [0.25, 0.3) is 27.7 Å². The molecule has 8 heteroatoms. The number of hydrogen-bond acceptors (Lipinski definition) is 4. The molecular weight excluding hydrogens is 390 g/mol. The van der Waals surface area contributed by atoms with Gasteiger partial charge in [0.1, 0.15) is 17.2 Å². The SMILES string of the molecule is Cc1c(-c2ccc3c(=O)n(CC(C)(C)O)ccc3c2)nnn1-c1ccc(F)cc1F. The number of hydrogen-bond donors (Lipinski definition) is 1. The van der Waals surface area contributed by atoms with Crippen molar-refractivity contribution in [1.82, 2.24) is 19.6 Å². The molecule has 0 aliphatic carbocycles. The first-order chi connectivity index (χ1) is 14.1. The van der Waals surface area contributed by atoms with E-state index in [9.17, 15) is 18.7 Å². The molecule has 6 nitrogen and oxygen atoms in total. The first kappa shape index (κ1) is 19.9. The minimum Gasteiger partial charge on any atom is -0.389 e. The lowest BCUT2D eigenvalue weighted by atomic mass is 10.0. The minimum absolute atomic E-state index is 0.0999. The molecule has 2 heterocycles. The number of nitrogens with zero attached hydrogens (tertiary/aromatic N) is 4. The molecule has 0 fully saturated rings. The average molecular weight is 410 g/mol. The molecule has 4 rings (SSSR count). The summed E-state index contributed by atoms with van der Waals surface area (Å²) in [5, 5.41) is 19.4. The van der Waals surface area contributed by atoms with Crippen LogP contribution in [0.3, 0.4) is 0 Å². The number of rotatable bonds is 4. The zero-order chi connectivity index (χ0) is 21.6. The summed E-state index contributed by atoms with van der Waals surface area (Å²) in [6, 6.07) is 10.3. The maximum atomic E-state index is 14.2. The van der Waals surface area contributed by atoms with Gasteiger partial charge in [-0.1, -0.05) is 11.3 Å². The summed E-state index contributed by atoms with van der Waals surface area (Å²) < 4.78 is 30.1. The van der Waals surface area contributed by atoms with E-state index in [0.717, 1.165) is 12.1 Å². The van der Waals surface area contributed by atoms with E-state index in [1.165, 1.54) is 15.3 Å². The van der Waals surface area contributed by atoms with E-state index in [4.69, 9.17) is 0 Å². The van der Waals surface area contributed by atoms with Gasteiger partial charge in [-0.2, -0.15) is 0 Å². The molecule has 0 amide bonds. The summed E-state index contributed by atoms with van der Waals surface area (Å²) in [5.74, 6) is -1.40. The Morgan fingerprint density at radius 1 is 1.10 bits per heavy atom. The molecule has 0 unspecified atom stereocenters. The van der Waals surface area contributed by atoms with Crippen LogP contribution in [0.5, 0.6) is 0 Å². The van der Waals surface area contributed by atoms with Crippen LogP contribution in [0.2, 0.25) is 0 Å². The second-order valence-corrected chi connectivity index (χ2v) is 7.89. The van der Waals surface area contributed by atoms with E-state index < -0.39 is 17.2 Å². The first-order valence-electron chi connectivity index (χ1n) is 9.38. The van der Waals surface area contributed by atoms with Crippen LogP contribution >= 0.6 is 0 Å². The molecule has 4 aromatic rings. The van der Waals surface area contributed by atoms with Gasteiger partial charge >= 0.3 is 0 Å². The first-order valence-corrected chi connectivity index (χ1v) is 9.38. The largest absolute Gasteiger partial charge is 0.389 e. The predicted octanol–water partition coefficient (Wildman–Crippen LogP) is 3.61. The highest BCUT2D eigenvalue weighted by Gasteiger charge is 2.17. The third-order valence-electron chi connectivity index (χ3n) is 4.84. The van der Waals surface area contributed by atoms with Crippen molar-refractivity contribution in [3.05, 3.63) is 76.3 Å². The number of benzene rings is 2. The zero-order valence-corrected chi connectivity index (χ0v) is 16.7. The summed E-state index contributed by atoms with van der Waals surface area (Å²) in [6.45, 7) is 5.20. The van der Waals surface area contributed by atoms with Crippen LogP contribution in [0.1, 0.15) is 19.5 Å². The smallest absolute Gasteiger partial charge is 0.258 e. The third kappa shape index (κ3) is 3.61. The Kier molecular flexibility index (Phi) is 4.74. The summed E-state index contributed by atoms with van der Waals surface area (Å²) in [4.78, 5) is 12.7. The molecular formula is C22H20F2N4O2. The lowest BCUT2D eigenvalue weighted by Crippen LogP contribution is -2.32. The zero-order valence-electron chi connectivity index (χ0n) is 16.7. The van der Waals surface area contributed by atoms with Crippen LogP contribution < -0.4 is 5.56 Å². The lowest BCUT2D eigenvalue weighted by molar-refractivity contribution is 0.0606. The van der Waals surface area contributed by atoms with Gasteiger partial charge in [0, 0.05) is 23.2 Å². The molecule has 2 aromatic carbocycles. The van der Waals surface area contributed by atoms with Crippen LogP contribution in [0, 0.1) is 18.6 Å². The Bertz CT molecular complexity index is 1320. The second kappa shape index (κ2) is 7.14. The molecule has 0 saturated heterocycles. The molecule has 1 N–H and O–H groups in total. The summed E-state index contributed by atoms with van der Waals surface area (Å²) in [6.07, 6.45) is 1.64. The quantitative estimate of drug-likeness (QED) is 0.558. The normalized spacial score (nSPS) is 11.9. The van der Waals surface area contributed by atoms with Crippen LogP contribution in [0.15, 0.2) is 53.5 Å². The highest BCUT2D eigenvalue weighted by Crippen LogP contribution is 2.26. The maximum Gasteiger partial charge on any atom is 0.258 e. The fraction of sp³-hybridized carbons (Fsp3) is 0.227. The summed E-state index contributed by atoms with van der Waals surface area (Å²) in [7, 11) is 0. The van der Waals surface area contributed by atoms with Crippen molar-refractivity contribution in [2.45, 2.75) is 32.9 Å². The predicted molar refractivity (Wildman–Crippen MR) is 110 cm³/mol. The number of halogens is 2. The number of aliphatic hydroxyl groups is 1. The van der Waals surface area contributed by atoms with Gasteiger partial charge in [-0.3, -0.25) is 4.79 Å². The Morgan fingerprint density at radius 3 is 2.57 bits per heavy atom. The van der Waals surface area contributed by atoms with Crippen molar-refractivity contribution in [2.75, 3.05) is 0 Å². The van der Waals surface area contributed by atoms with Gasteiger partial charge in [-0.15, -0.1) is 5.10 Å². The maximum absolute atomic E-state index is 14.2. The molecule has 0 radical (unpaired) electrons. The molecule has 0 saturated carbocycles. The molecule has 0 aliphatic rings. The average Bonchev–Trinajstić information content (AvgIpc) is 3.04. The summed E-state index contributed by atoms with van der Waals surface area (Å²) in [5.41, 5.74) is 0.714. The van der Waals surface area contributed by atoms with Crippen LogP contribution in [-0.4, -0.2) is 30.3 Å². The van der Waals surface area contributed by atoms with E-state index in [1.807, 2.05) is 6.07 Å². The molecule has 2 aromatic heterocycles. The minimum atomic E-state index is -1.01. The van der Waals surface area contributed by atoms with Gasteiger partial charge in [0.15, 0.2) is 5.82 Å². The van der Waals surface area contributed by atoms with Gasteiger partial charge in [0.05, 0.1) is 17.8 Å². The van der Waals surface area contributed by atoms with Crippen molar-refractivity contribution in [3.63, 3.8) is 0 Å². The highest BCUT2D eigenvalue weighted by atomic mass is 19.1. The molecule has 30 heavy (non-hydrogen) atoms. The van der Waals surface area contributed by atoms with Gasteiger partial charge in [0.25, 0.3) is 5.56 Å². The lowest BCUT2D eigenvalue weighted by Gasteiger charge is -2.18. The Hall–Kier alpha value is -3.39. The standard InChI is InChI=1S/C22H20F2N4O2/c1-13-20(25-26-28(13)19-7-5-16(23)11-18(19)24)15-4-6-17-14(10-15)8-9-27(21(17)29)12-22(2,3)30/h4-11,30H,12H2,1-3H3. The van der Waals surface area contributed by atoms with Gasteiger partial charge in [-0.25, -0.2) is 13.5 Å². The topological polar surface area (TPSA) is 72.9 Å². The van der Waals surface area contributed by atoms with Crippen molar-refractivity contribution in [3.8, 4) is 16.9 Å². The Balaban J connectivity index is 1.77. The van der Waals surface area contributed by atoms with E-state index in [2.05, 4.69) is 10.3 Å². The molecule has 0 spiro atoms. The fourth-order valence-corrected chi connectivity index (χ4v) is 3.45. The van der Waals surface area contributed by atoms with Crippen LogP contribution in [-0.2, 0) is 6.54 Å². The fourth-order valence-electron chi connectivity index (χ4n) is 3.45. The van der Waals surface area contributed by atoms with Crippen molar-refractivity contribution < 1.29 is 13.9 Å². The van der Waals surface area contributed by atoms with Crippen molar-refractivity contribution in [2.24, 2.45) is 0 Å². The second-order valence-electron chi connectivity index (χ2n) is 7.89. The van der Waals surface area contributed by atoms with E-state index >= 15 is 0 Å². The van der Waals surface area contributed by atoms with E-state index in [-0.39, 0.29) is 17.8 Å². The van der Waals surface area contributed by atoms with Crippen LogP contribution in [0.4, 0.5) is 8.78 Å². The number of pyridine rings is 1. The molecule has 0 aliphatic heterocycles. The van der Waals surface area contributed by atoms with Gasteiger partial charge < -0.3 is 9.67 Å². The van der Waals surface area contributed by atoms with Gasteiger partial charge in [-0.05, 0) is 56.5 Å². The Labute approximate surface area is 171 Å². The molecule has 0 bridgehead atoms. The van der Waals surface area contributed by atoms with E-state index in [0.29, 0.717) is 27.7 Å². The number of aromatic nitrogens is 4. The van der Waals surface area contributed by atoms with Crippen molar-refractivity contribution >= 4 is 10.8 Å². The monoisotopic (exact) mass is 410 g/mol. The molecule has 0 atom stereocenters. The van der Waals surface area contributed by atoms with Gasteiger partial charge in [0.2, 0.25) is 0 Å². The summed E-state index contributed by atoms with van der Waals surface area (Å²) >= 11 is 0. The van der Waals surface area contributed by atoms with Crippen molar-refractivity contribution in [1.29, 1.82) is 0 Å². The highest BCUT2D eigenvalue weighted by molar-refractivity contribution is 5.86. The third-order valence-corrected chi connectivity index (χ3v) is 4.84. The number of fused-ring (bicyclic) bond motifs is 1. The molecule has 154 valence electrons. The Morgan fingerprint density at radius 2 is 1.87 bits per heavy atom.